The number of rotatable bonds is 2. The molecule has 0 bridgehead atoms. The highest BCUT2D eigenvalue weighted by atomic mass is 16.5. The van der Waals surface area contributed by atoms with Gasteiger partial charge in [-0.1, -0.05) is 12.1 Å². The summed E-state index contributed by atoms with van der Waals surface area (Å²) < 4.78 is 6.30. The van der Waals surface area contributed by atoms with Gasteiger partial charge in [-0.2, -0.15) is 5.10 Å². The maximum absolute atomic E-state index is 11.5. The molecule has 0 saturated carbocycles. The molecule has 3 aromatic rings. The number of anilines is 1. The summed E-state index contributed by atoms with van der Waals surface area (Å²) in [6.07, 6.45) is 0. The molecule has 6 nitrogen and oxygen atoms in total. The fraction of sp³-hybridized carbons (Fsp3) is 0.133. The van der Waals surface area contributed by atoms with Gasteiger partial charge in [0.2, 0.25) is 0 Å². The first-order valence-corrected chi connectivity index (χ1v) is 6.38. The molecule has 0 fully saturated rings. The van der Waals surface area contributed by atoms with Crippen molar-refractivity contribution in [2.45, 2.75) is 0 Å². The minimum atomic E-state index is -0.454. The molecule has 0 atom stereocenters. The first-order valence-electron chi connectivity index (χ1n) is 6.38. The summed E-state index contributed by atoms with van der Waals surface area (Å²) in [5, 5.41) is 5.28. The Morgan fingerprint density at radius 2 is 2.10 bits per heavy atom. The zero-order valence-electron chi connectivity index (χ0n) is 11.7. The molecular weight excluding hydrogens is 268 g/mol. The van der Waals surface area contributed by atoms with Gasteiger partial charge in [0.1, 0.15) is 11.5 Å². The van der Waals surface area contributed by atoms with Gasteiger partial charge in [-0.15, -0.1) is 0 Å². The highest BCUT2D eigenvalue weighted by Crippen LogP contribution is 2.28. The zero-order chi connectivity index (χ0) is 15.0. The van der Waals surface area contributed by atoms with Crippen molar-refractivity contribution in [3.8, 4) is 11.3 Å². The second-order valence-electron chi connectivity index (χ2n) is 4.64. The molecule has 0 spiro atoms. The van der Waals surface area contributed by atoms with Crippen LogP contribution >= 0.6 is 0 Å². The van der Waals surface area contributed by atoms with Crippen LogP contribution in [0.1, 0.15) is 10.5 Å². The first kappa shape index (κ1) is 13.1. The van der Waals surface area contributed by atoms with Gasteiger partial charge in [-0.05, 0) is 18.2 Å². The van der Waals surface area contributed by atoms with E-state index >= 15 is 0 Å². The molecule has 0 saturated heterocycles. The number of fused-ring (bicyclic) bond motifs is 1. The van der Waals surface area contributed by atoms with Crippen LogP contribution in [0.3, 0.4) is 0 Å². The number of pyridine rings is 1. The summed E-state index contributed by atoms with van der Waals surface area (Å²) in [5.74, 6) is 0.130. The Morgan fingerprint density at radius 1 is 1.29 bits per heavy atom. The molecule has 0 aliphatic heterocycles. The Labute approximate surface area is 121 Å². The second-order valence-corrected chi connectivity index (χ2v) is 4.64. The maximum atomic E-state index is 11.5. The number of methoxy groups -OCH3 is 1. The highest BCUT2D eigenvalue weighted by molar-refractivity contribution is 5.97. The third kappa shape index (κ3) is 2.20. The minimum absolute atomic E-state index is 0.280. The number of carbonyl (C=O) groups excluding carboxylic acids is 1. The van der Waals surface area contributed by atoms with Crippen molar-refractivity contribution >= 4 is 22.7 Å². The van der Waals surface area contributed by atoms with Gasteiger partial charge in [0, 0.05) is 24.1 Å². The van der Waals surface area contributed by atoms with Gasteiger partial charge in [0.05, 0.1) is 18.3 Å². The van der Waals surface area contributed by atoms with Gasteiger partial charge in [0.15, 0.2) is 0 Å². The van der Waals surface area contributed by atoms with Crippen molar-refractivity contribution in [1.82, 2.24) is 14.8 Å². The van der Waals surface area contributed by atoms with Crippen LogP contribution in [0, 0.1) is 0 Å². The summed E-state index contributed by atoms with van der Waals surface area (Å²) in [6, 6.07) is 11.0. The van der Waals surface area contributed by atoms with E-state index in [9.17, 15) is 4.79 Å². The van der Waals surface area contributed by atoms with Crippen molar-refractivity contribution in [2.75, 3.05) is 12.8 Å². The summed E-state index contributed by atoms with van der Waals surface area (Å²) in [7, 11) is 3.12. The van der Waals surface area contributed by atoms with Crippen LogP contribution < -0.4 is 5.73 Å². The number of aromatic nitrogens is 3. The van der Waals surface area contributed by atoms with E-state index in [1.165, 1.54) is 7.11 Å². The number of nitrogen functional groups attached to an aromatic ring is 1. The monoisotopic (exact) mass is 282 g/mol. The number of benzene rings is 1. The van der Waals surface area contributed by atoms with E-state index in [0.717, 1.165) is 16.6 Å². The van der Waals surface area contributed by atoms with Crippen molar-refractivity contribution in [3.63, 3.8) is 0 Å². The average Bonchev–Trinajstić information content (AvgIpc) is 2.84. The minimum Gasteiger partial charge on any atom is -0.464 e. The summed E-state index contributed by atoms with van der Waals surface area (Å²) in [5.41, 5.74) is 8.51. The van der Waals surface area contributed by atoms with Crippen LogP contribution in [0.2, 0.25) is 0 Å². The lowest BCUT2D eigenvalue weighted by Crippen LogP contribution is -2.04. The fourth-order valence-electron chi connectivity index (χ4n) is 2.21. The average molecular weight is 282 g/mol. The van der Waals surface area contributed by atoms with E-state index in [2.05, 4.69) is 14.8 Å². The van der Waals surface area contributed by atoms with Crippen LogP contribution in [0.5, 0.6) is 0 Å². The normalized spacial score (nSPS) is 10.8. The molecule has 2 heterocycles. The molecule has 1 aromatic carbocycles. The van der Waals surface area contributed by atoms with E-state index < -0.39 is 5.97 Å². The number of carbonyl (C=O) groups is 1. The van der Waals surface area contributed by atoms with Crippen LogP contribution in [0.4, 0.5) is 5.82 Å². The molecule has 2 N–H and O–H groups in total. The Morgan fingerprint density at radius 3 is 2.76 bits per heavy atom. The first-order chi connectivity index (χ1) is 10.1. The Bertz CT molecular complexity index is 819. The number of nitrogens with two attached hydrogens (primary N) is 1. The molecule has 0 radical (unpaired) electrons. The van der Waals surface area contributed by atoms with E-state index in [0.29, 0.717) is 11.3 Å². The van der Waals surface area contributed by atoms with Crippen molar-refractivity contribution in [1.29, 1.82) is 0 Å². The zero-order valence-corrected chi connectivity index (χ0v) is 11.7. The van der Waals surface area contributed by atoms with Gasteiger partial charge in [0.25, 0.3) is 0 Å². The molecule has 3 rings (SSSR count). The van der Waals surface area contributed by atoms with Crippen LogP contribution in [-0.4, -0.2) is 27.8 Å². The lowest BCUT2D eigenvalue weighted by molar-refractivity contribution is 0.0594. The number of nitrogens with zero attached hydrogens (tertiary/aromatic N) is 3. The SMILES string of the molecule is COC(=O)c1ccc2c(-c3cc(N)n(C)n3)cccc2n1. The molecule has 106 valence electrons. The third-order valence-electron chi connectivity index (χ3n) is 3.32. The topological polar surface area (TPSA) is 83.0 Å². The van der Waals surface area contributed by atoms with E-state index in [-0.39, 0.29) is 5.69 Å². The smallest absolute Gasteiger partial charge is 0.356 e. The van der Waals surface area contributed by atoms with E-state index in [1.54, 1.807) is 17.8 Å². The molecule has 6 heteroatoms. The quantitative estimate of drug-likeness (QED) is 0.727. The fourth-order valence-corrected chi connectivity index (χ4v) is 2.21. The van der Waals surface area contributed by atoms with Gasteiger partial charge in [-0.25, -0.2) is 9.78 Å². The lowest BCUT2D eigenvalue weighted by Gasteiger charge is -2.05. The van der Waals surface area contributed by atoms with Crippen molar-refractivity contribution in [2.24, 2.45) is 7.05 Å². The van der Waals surface area contributed by atoms with Gasteiger partial charge >= 0.3 is 5.97 Å². The van der Waals surface area contributed by atoms with Crippen molar-refractivity contribution in [3.05, 3.63) is 42.1 Å². The molecule has 0 aliphatic carbocycles. The highest BCUT2D eigenvalue weighted by Gasteiger charge is 2.12. The number of ether oxygens (including phenoxy) is 1. The van der Waals surface area contributed by atoms with Crippen molar-refractivity contribution < 1.29 is 9.53 Å². The molecule has 2 aromatic heterocycles. The molecular formula is C15H14N4O2. The Kier molecular flexibility index (Phi) is 3.06. The predicted octanol–water partition coefficient (Wildman–Crippen LogP) is 2.00. The lowest BCUT2D eigenvalue weighted by atomic mass is 10.1. The molecule has 0 unspecified atom stereocenters. The molecule has 0 aliphatic rings. The van der Waals surface area contributed by atoms with Gasteiger partial charge < -0.3 is 10.5 Å². The largest absolute Gasteiger partial charge is 0.464 e. The Balaban J connectivity index is 2.18. The van der Waals surface area contributed by atoms with E-state index in [1.807, 2.05) is 30.3 Å². The number of hydrogen-bond donors (Lipinski definition) is 1. The molecule has 0 amide bonds. The number of esters is 1. The number of hydrogen-bond acceptors (Lipinski definition) is 5. The van der Waals surface area contributed by atoms with E-state index in [4.69, 9.17) is 5.73 Å². The summed E-state index contributed by atoms with van der Waals surface area (Å²) in [6.45, 7) is 0. The van der Waals surface area contributed by atoms with Crippen LogP contribution in [-0.2, 0) is 11.8 Å². The standard InChI is InChI=1S/C15H14N4O2/c1-19-14(16)8-13(18-19)9-4-3-5-11-10(9)6-7-12(17-11)15(20)21-2/h3-8H,16H2,1-2H3. The predicted molar refractivity (Wildman–Crippen MR) is 79.7 cm³/mol. The maximum Gasteiger partial charge on any atom is 0.356 e. The second kappa shape index (κ2) is 4.90. The summed E-state index contributed by atoms with van der Waals surface area (Å²) in [4.78, 5) is 15.9. The van der Waals surface area contributed by atoms with Gasteiger partial charge in [-0.3, -0.25) is 4.68 Å². The van der Waals surface area contributed by atoms with Crippen LogP contribution in [0.25, 0.3) is 22.2 Å². The molecule has 21 heavy (non-hydrogen) atoms. The van der Waals surface area contributed by atoms with Crippen LogP contribution in [0.15, 0.2) is 36.4 Å². The Hall–Kier alpha value is -2.89. The number of aryl methyl sites for hydroxylation is 1. The summed E-state index contributed by atoms with van der Waals surface area (Å²) >= 11 is 0. The third-order valence-corrected chi connectivity index (χ3v) is 3.32.